The summed E-state index contributed by atoms with van der Waals surface area (Å²) in [5.41, 5.74) is 2.11. The molecule has 1 aliphatic heterocycles. The average molecular weight is 299 g/mol. The van der Waals surface area contributed by atoms with Gasteiger partial charge < -0.3 is 15.2 Å². The van der Waals surface area contributed by atoms with E-state index >= 15 is 0 Å². The van der Waals surface area contributed by atoms with Crippen LogP contribution in [0.4, 0.5) is 0 Å². The van der Waals surface area contributed by atoms with Gasteiger partial charge in [0.1, 0.15) is 5.69 Å². The number of fused-ring (bicyclic) bond motifs is 2. The van der Waals surface area contributed by atoms with Crippen molar-refractivity contribution in [1.82, 2.24) is 15.8 Å². The van der Waals surface area contributed by atoms with E-state index in [1.165, 1.54) is 0 Å². The first-order valence-corrected chi connectivity index (χ1v) is 7.87. The number of para-hydroxylation sites is 1. The van der Waals surface area contributed by atoms with Crippen molar-refractivity contribution >= 4 is 16.9 Å². The molecule has 116 valence electrons. The fourth-order valence-electron chi connectivity index (χ4n) is 3.81. The molecule has 2 aromatic rings. The molecule has 2 unspecified atom stereocenters. The van der Waals surface area contributed by atoms with Gasteiger partial charge in [-0.25, -0.2) is 0 Å². The summed E-state index contributed by atoms with van der Waals surface area (Å²) < 4.78 is 5.49. The van der Waals surface area contributed by atoms with Gasteiger partial charge in [0.2, 0.25) is 5.91 Å². The van der Waals surface area contributed by atoms with Gasteiger partial charge in [-0.3, -0.25) is 4.79 Å². The van der Waals surface area contributed by atoms with Crippen LogP contribution < -0.4 is 10.6 Å². The summed E-state index contributed by atoms with van der Waals surface area (Å²) in [7, 11) is 0. The van der Waals surface area contributed by atoms with E-state index in [9.17, 15) is 4.79 Å². The average Bonchev–Trinajstić information content (AvgIpc) is 2.85. The van der Waals surface area contributed by atoms with Crippen molar-refractivity contribution in [3.8, 4) is 0 Å². The van der Waals surface area contributed by atoms with Crippen molar-refractivity contribution < 1.29 is 9.32 Å². The van der Waals surface area contributed by atoms with E-state index in [1.807, 2.05) is 39.0 Å². The van der Waals surface area contributed by atoms with Crippen LogP contribution in [-0.2, 0) is 10.3 Å². The minimum absolute atomic E-state index is 0.144. The normalized spacial score (nSPS) is 27.0. The topological polar surface area (TPSA) is 67.2 Å². The maximum Gasteiger partial charge on any atom is 0.224 e. The van der Waals surface area contributed by atoms with Crippen LogP contribution in [-0.4, -0.2) is 24.2 Å². The Kier molecular flexibility index (Phi) is 2.85. The Bertz CT molecular complexity index is 739. The van der Waals surface area contributed by atoms with Crippen molar-refractivity contribution in [1.29, 1.82) is 0 Å². The highest BCUT2D eigenvalue weighted by Gasteiger charge is 2.57. The number of aromatic nitrogens is 1. The minimum Gasteiger partial charge on any atom is -0.356 e. The van der Waals surface area contributed by atoms with Crippen LogP contribution >= 0.6 is 0 Å². The summed E-state index contributed by atoms with van der Waals surface area (Å²) >= 11 is 0. The zero-order chi connectivity index (χ0) is 15.5. The third-order valence-corrected chi connectivity index (χ3v) is 5.12. The van der Waals surface area contributed by atoms with Gasteiger partial charge in [-0.15, -0.1) is 0 Å². The summed E-state index contributed by atoms with van der Waals surface area (Å²) in [6.07, 6.45) is 0. The van der Waals surface area contributed by atoms with E-state index in [4.69, 9.17) is 4.52 Å². The van der Waals surface area contributed by atoms with Crippen LogP contribution in [0, 0.1) is 24.7 Å². The van der Waals surface area contributed by atoms with E-state index in [0.29, 0.717) is 11.8 Å². The molecular weight excluding hydrogens is 278 g/mol. The predicted molar refractivity (Wildman–Crippen MR) is 83.3 cm³/mol. The third-order valence-electron chi connectivity index (χ3n) is 5.12. The quantitative estimate of drug-likeness (QED) is 0.909. The SMILES string of the molecule is Cc1cccc2c(C(C)(C)NC(=O)C3C4CNCC43)noc12. The second-order valence-corrected chi connectivity index (χ2v) is 7.11. The molecule has 22 heavy (non-hydrogen) atoms. The number of carbonyl (C=O) groups excluding carboxylic acids is 1. The standard InChI is InChI=1S/C17H21N3O2/c1-9-5-4-6-10-14(9)22-20-15(10)17(2,3)19-16(21)13-11-7-18-8-12(11)13/h4-6,11-13,18H,7-8H2,1-3H3,(H,19,21). The van der Waals surface area contributed by atoms with E-state index in [0.717, 1.165) is 35.3 Å². The fraction of sp³-hybridized carbons (Fsp3) is 0.529. The van der Waals surface area contributed by atoms with Gasteiger partial charge >= 0.3 is 0 Å². The number of aryl methyl sites for hydroxylation is 1. The molecule has 2 atom stereocenters. The molecule has 2 aliphatic rings. The van der Waals surface area contributed by atoms with Gasteiger partial charge in [0, 0.05) is 11.3 Å². The Labute approximate surface area is 129 Å². The molecule has 4 rings (SSSR count). The summed E-state index contributed by atoms with van der Waals surface area (Å²) in [6, 6.07) is 5.99. The molecule has 5 nitrogen and oxygen atoms in total. The predicted octanol–water partition coefficient (Wildman–Crippen LogP) is 1.95. The van der Waals surface area contributed by atoms with Crippen LogP contribution in [0.15, 0.2) is 22.7 Å². The monoisotopic (exact) mass is 299 g/mol. The summed E-state index contributed by atoms with van der Waals surface area (Å²) in [5, 5.41) is 11.7. The molecule has 1 aromatic carbocycles. The largest absolute Gasteiger partial charge is 0.356 e. The first-order valence-electron chi connectivity index (χ1n) is 7.87. The van der Waals surface area contributed by atoms with Crippen LogP contribution in [0.2, 0.25) is 0 Å². The van der Waals surface area contributed by atoms with Gasteiger partial charge in [0.15, 0.2) is 5.58 Å². The van der Waals surface area contributed by atoms with Gasteiger partial charge in [-0.2, -0.15) is 0 Å². The third kappa shape index (κ3) is 1.96. The molecule has 0 bridgehead atoms. The van der Waals surface area contributed by atoms with Gasteiger partial charge in [0.05, 0.1) is 5.54 Å². The molecule has 1 aliphatic carbocycles. The number of hydrogen-bond acceptors (Lipinski definition) is 4. The number of nitrogens with zero attached hydrogens (tertiary/aromatic N) is 1. The molecule has 1 amide bonds. The highest BCUT2D eigenvalue weighted by atomic mass is 16.5. The molecule has 1 saturated heterocycles. The van der Waals surface area contributed by atoms with E-state index in [1.54, 1.807) is 0 Å². The molecule has 1 aromatic heterocycles. The van der Waals surface area contributed by atoms with Crippen LogP contribution in [0.25, 0.3) is 11.0 Å². The lowest BCUT2D eigenvalue weighted by atomic mass is 9.96. The van der Waals surface area contributed by atoms with Gasteiger partial charge in [-0.05, 0) is 57.3 Å². The van der Waals surface area contributed by atoms with E-state index in [-0.39, 0.29) is 11.8 Å². The zero-order valence-electron chi connectivity index (χ0n) is 13.1. The summed E-state index contributed by atoms with van der Waals surface area (Å²) in [5.74, 6) is 1.35. The highest BCUT2D eigenvalue weighted by Crippen LogP contribution is 2.49. The lowest BCUT2D eigenvalue weighted by molar-refractivity contribution is -0.124. The fourth-order valence-corrected chi connectivity index (χ4v) is 3.81. The maximum atomic E-state index is 12.5. The van der Waals surface area contributed by atoms with Crippen LogP contribution in [0.5, 0.6) is 0 Å². The van der Waals surface area contributed by atoms with Crippen molar-refractivity contribution in [2.75, 3.05) is 13.1 Å². The Morgan fingerprint density at radius 3 is 2.82 bits per heavy atom. The van der Waals surface area contributed by atoms with Crippen molar-refractivity contribution in [3.05, 3.63) is 29.5 Å². The number of benzene rings is 1. The second-order valence-electron chi connectivity index (χ2n) is 7.11. The van der Waals surface area contributed by atoms with Crippen molar-refractivity contribution in [2.24, 2.45) is 17.8 Å². The second kappa shape index (κ2) is 4.56. The van der Waals surface area contributed by atoms with Crippen LogP contribution in [0.1, 0.15) is 25.1 Å². The Hall–Kier alpha value is -1.88. The number of nitrogens with one attached hydrogen (secondary N) is 2. The number of carbonyl (C=O) groups is 1. The number of piperidine rings is 1. The molecule has 1 saturated carbocycles. The first kappa shape index (κ1) is 13.8. The summed E-state index contributed by atoms with van der Waals surface area (Å²) in [4.78, 5) is 12.5. The van der Waals surface area contributed by atoms with Crippen molar-refractivity contribution in [3.63, 3.8) is 0 Å². The molecule has 2 N–H and O–H groups in total. The molecule has 5 heteroatoms. The molecule has 2 fully saturated rings. The number of rotatable bonds is 3. The minimum atomic E-state index is -0.541. The lowest BCUT2D eigenvalue weighted by Gasteiger charge is -2.24. The number of amides is 1. The smallest absolute Gasteiger partial charge is 0.224 e. The molecule has 0 radical (unpaired) electrons. The Morgan fingerprint density at radius 2 is 2.09 bits per heavy atom. The Morgan fingerprint density at radius 1 is 1.36 bits per heavy atom. The zero-order valence-corrected chi connectivity index (χ0v) is 13.1. The maximum absolute atomic E-state index is 12.5. The Balaban J connectivity index is 1.59. The van der Waals surface area contributed by atoms with E-state index in [2.05, 4.69) is 15.8 Å². The van der Waals surface area contributed by atoms with Crippen molar-refractivity contribution in [2.45, 2.75) is 26.3 Å². The van der Waals surface area contributed by atoms with E-state index < -0.39 is 5.54 Å². The molecular formula is C17H21N3O2. The van der Waals surface area contributed by atoms with Gasteiger partial charge in [-0.1, -0.05) is 17.3 Å². The highest BCUT2D eigenvalue weighted by molar-refractivity contribution is 5.86. The van der Waals surface area contributed by atoms with Crippen LogP contribution in [0.3, 0.4) is 0 Å². The molecule has 0 spiro atoms. The van der Waals surface area contributed by atoms with Gasteiger partial charge in [0.25, 0.3) is 0 Å². The first-order chi connectivity index (χ1) is 10.5. The molecule has 2 heterocycles. The summed E-state index contributed by atoms with van der Waals surface area (Å²) in [6.45, 7) is 7.91. The lowest BCUT2D eigenvalue weighted by Crippen LogP contribution is -2.43. The number of hydrogen-bond donors (Lipinski definition) is 2.